The summed E-state index contributed by atoms with van der Waals surface area (Å²) in [5.41, 5.74) is 2.07. The number of nitrogens with zero attached hydrogens (tertiary/aromatic N) is 1. The van der Waals surface area contributed by atoms with Crippen molar-refractivity contribution >= 4 is 5.97 Å². The van der Waals surface area contributed by atoms with Crippen LogP contribution in [0.25, 0.3) is 0 Å². The third-order valence-electron chi connectivity index (χ3n) is 4.13. The molecule has 4 nitrogen and oxygen atoms in total. The van der Waals surface area contributed by atoms with Crippen molar-refractivity contribution in [2.45, 2.75) is 32.2 Å². The minimum absolute atomic E-state index is 0.448. The first-order valence-corrected chi connectivity index (χ1v) is 7.64. The van der Waals surface area contributed by atoms with Gasteiger partial charge in [-0.15, -0.1) is 0 Å². The third kappa shape index (κ3) is 4.83. The predicted octanol–water partition coefficient (Wildman–Crippen LogP) is 2.73. The van der Waals surface area contributed by atoms with E-state index >= 15 is 0 Å². The van der Waals surface area contributed by atoms with Crippen LogP contribution >= 0.6 is 0 Å². The van der Waals surface area contributed by atoms with Crippen LogP contribution in [0.4, 0.5) is 0 Å². The van der Waals surface area contributed by atoms with E-state index in [1.807, 2.05) is 24.3 Å². The molecule has 1 fully saturated rings. The number of ether oxygens (including phenoxy) is 1. The summed E-state index contributed by atoms with van der Waals surface area (Å²) in [6.07, 6.45) is 2.42. The van der Waals surface area contributed by atoms with E-state index in [1.54, 1.807) is 6.92 Å². The van der Waals surface area contributed by atoms with Gasteiger partial charge in [0.25, 0.3) is 0 Å². The summed E-state index contributed by atoms with van der Waals surface area (Å²) in [5.74, 6) is -0.594. The smallest absolute Gasteiger partial charge is 0.310 e. The van der Waals surface area contributed by atoms with Crippen LogP contribution in [0.2, 0.25) is 0 Å². The maximum atomic E-state index is 11.0. The standard InChI is InChI=1S/C17H25NO3/c1-13(17(19)20)16-7-5-14(6-8-16)10-18(2)11-15-4-3-9-21-12-15/h5-8,13,15H,3-4,9-12H2,1-2H3,(H,19,20). The molecule has 1 aliphatic rings. The van der Waals surface area contributed by atoms with Crippen molar-refractivity contribution in [3.05, 3.63) is 35.4 Å². The fourth-order valence-corrected chi connectivity index (χ4v) is 2.82. The van der Waals surface area contributed by atoms with E-state index in [1.165, 1.54) is 18.4 Å². The number of hydrogen-bond donors (Lipinski definition) is 1. The van der Waals surface area contributed by atoms with Gasteiger partial charge in [-0.1, -0.05) is 24.3 Å². The number of carbonyl (C=O) groups is 1. The summed E-state index contributed by atoms with van der Waals surface area (Å²) in [7, 11) is 2.13. The Hall–Kier alpha value is -1.39. The van der Waals surface area contributed by atoms with Crippen molar-refractivity contribution in [2.24, 2.45) is 5.92 Å². The second-order valence-corrected chi connectivity index (χ2v) is 6.08. The summed E-state index contributed by atoms with van der Waals surface area (Å²) in [6, 6.07) is 7.91. The van der Waals surface area contributed by atoms with Crippen molar-refractivity contribution in [1.29, 1.82) is 0 Å². The van der Waals surface area contributed by atoms with Crippen LogP contribution in [0.1, 0.15) is 36.8 Å². The number of rotatable bonds is 6. The third-order valence-corrected chi connectivity index (χ3v) is 4.13. The SMILES string of the molecule is CC(C(=O)O)c1ccc(CN(C)CC2CCCOC2)cc1. The van der Waals surface area contributed by atoms with Crippen molar-refractivity contribution in [2.75, 3.05) is 26.8 Å². The fourth-order valence-electron chi connectivity index (χ4n) is 2.82. The number of benzene rings is 1. The van der Waals surface area contributed by atoms with Gasteiger partial charge < -0.3 is 14.7 Å². The molecule has 1 aromatic rings. The average Bonchev–Trinajstić information content (AvgIpc) is 2.48. The molecule has 0 radical (unpaired) electrons. The molecule has 1 N–H and O–H groups in total. The lowest BCUT2D eigenvalue weighted by Gasteiger charge is -2.27. The van der Waals surface area contributed by atoms with Crippen LogP contribution in [0.3, 0.4) is 0 Å². The Morgan fingerprint density at radius 2 is 2.14 bits per heavy atom. The summed E-state index contributed by atoms with van der Waals surface area (Å²) in [4.78, 5) is 13.3. The van der Waals surface area contributed by atoms with Gasteiger partial charge in [-0.3, -0.25) is 4.79 Å². The molecule has 1 saturated heterocycles. The van der Waals surface area contributed by atoms with Gasteiger partial charge in [0.2, 0.25) is 0 Å². The van der Waals surface area contributed by atoms with Crippen molar-refractivity contribution in [1.82, 2.24) is 4.90 Å². The van der Waals surface area contributed by atoms with E-state index < -0.39 is 11.9 Å². The first-order valence-electron chi connectivity index (χ1n) is 7.64. The van der Waals surface area contributed by atoms with Crippen LogP contribution in [-0.4, -0.2) is 42.8 Å². The van der Waals surface area contributed by atoms with E-state index in [4.69, 9.17) is 9.84 Å². The molecule has 2 unspecified atom stereocenters. The van der Waals surface area contributed by atoms with Crippen LogP contribution in [0.15, 0.2) is 24.3 Å². The Balaban J connectivity index is 1.86. The normalized spacial score (nSPS) is 20.4. The zero-order chi connectivity index (χ0) is 15.2. The summed E-state index contributed by atoms with van der Waals surface area (Å²) in [5, 5.41) is 9.01. The predicted molar refractivity (Wildman–Crippen MR) is 82.4 cm³/mol. The Morgan fingerprint density at radius 3 is 2.71 bits per heavy atom. The summed E-state index contributed by atoms with van der Waals surface area (Å²) >= 11 is 0. The molecule has 1 aromatic carbocycles. The molecule has 0 amide bonds. The number of hydrogen-bond acceptors (Lipinski definition) is 3. The number of aliphatic carboxylic acids is 1. The maximum absolute atomic E-state index is 11.0. The lowest BCUT2D eigenvalue weighted by Crippen LogP contribution is -2.30. The Kier molecular flexibility index (Phi) is 5.76. The molecule has 21 heavy (non-hydrogen) atoms. The molecule has 0 spiro atoms. The van der Waals surface area contributed by atoms with E-state index in [-0.39, 0.29) is 0 Å². The molecule has 4 heteroatoms. The van der Waals surface area contributed by atoms with Gasteiger partial charge in [-0.2, -0.15) is 0 Å². The van der Waals surface area contributed by atoms with Gasteiger partial charge in [0.1, 0.15) is 0 Å². The molecule has 1 aliphatic heterocycles. The Bertz CT molecular complexity index is 452. The zero-order valence-electron chi connectivity index (χ0n) is 12.9. The number of carboxylic acid groups (broad SMARTS) is 1. The molecular formula is C17H25NO3. The topological polar surface area (TPSA) is 49.8 Å². The quantitative estimate of drug-likeness (QED) is 0.875. The van der Waals surface area contributed by atoms with Gasteiger partial charge in [0, 0.05) is 19.7 Å². The molecule has 0 aromatic heterocycles. The van der Waals surface area contributed by atoms with Gasteiger partial charge in [-0.05, 0) is 43.9 Å². The molecule has 2 atom stereocenters. The van der Waals surface area contributed by atoms with Crippen LogP contribution in [0, 0.1) is 5.92 Å². The summed E-state index contributed by atoms with van der Waals surface area (Å²) < 4.78 is 5.52. The zero-order valence-corrected chi connectivity index (χ0v) is 12.9. The van der Waals surface area contributed by atoms with Crippen molar-refractivity contribution < 1.29 is 14.6 Å². The molecule has 0 saturated carbocycles. The largest absolute Gasteiger partial charge is 0.481 e. The summed E-state index contributed by atoms with van der Waals surface area (Å²) in [6.45, 7) is 5.43. The lowest BCUT2D eigenvalue weighted by molar-refractivity contribution is -0.138. The monoisotopic (exact) mass is 291 g/mol. The molecular weight excluding hydrogens is 266 g/mol. The fraction of sp³-hybridized carbons (Fsp3) is 0.588. The van der Waals surface area contributed by atoms with E-state index in [0.29, 0.717) is 5.92 Å². The molecule has 116 valence electrons. The van der Waals surface area contributed by atoms with Crippen LogP contribution in [0.5, 0.6) is 0 Å². The van der Waals surface area contributed by atoms with Crippen LogP contribution < -0.4 is 0 Å². The second kappa shape index (κ2) is 7.57. The van der Waals surface area contributed by atoms with E-state index in [0.717, 1.165) is 31.9 Å². The lowest BCUT2D eigenvalue weighted by atomic mass is 9.99. The van der Waals surface area contributed by atoms with Crippen molar-refractivity contribution in [3.8, 4) is 0 Å². The molecule has 1 heterocycles. The van der Waals surface area contributed by atoms with Gasteiger partial charge >= 0.3 is 5.97 Å². The van der Waals surface area contributed by atoms with Crippen LogP contribution in [-0.2, 0) is 16.1 Å². The highest BCUT2D eigenvalue weighted by Crippen LogP contribution is 2.18. The molecule has 2 rings (SSSR count). The van der Waals surface area contributed by atoms with Gasteiger partial charge in [-0.25, -0.2) is 0 Å². The maximum Gasteiger partial charge on any atom is 0.310 e. The average molecular weight is 291 g/mol. The second-order valence-electron chi connectivity index (χ2n) is 6.08. The number of carboxylic acids is 1. The highest BCUT2D eigenvalue weighted by atomic mass is 16.5. The molecule has 0 bridgehead atoms. The van der Waals surface area contributed by atoms with Gasteiger partial charge in [0.05, 0.1) is 12.5 Å². The molecule has 0 aliphatic carbocycles. The Labute approximate surface area is 126 Å². The Morgan fingerprint density at radius 1 is 1.43 bits per heavy atom. The van der Waals surface area contributed by atoms with E-state index in [2.05, 4.69) is 11.9 Å². The minimum Gasteiger partial charge on any atom is -0.481 e. The first kappa shape index (κ1) is 16.0. The van der Waals surface area contributed by atoms with Gasteiger partial charge in [0.15, 0.2) is 0 Å². The minimum atomic E-state index is -0.780. The highest BCUT2D eigenvalue weighted by Gasteiger charge is 2.16. The van der Waals surface area contributed by atoms with E-state index in [9.17, 15) is 4.79 Å². The first-order chi connectivity index (χ1) is 10.1. The van der Waals surface area contributed by atoms with Crippen molar-refractivity contribution in [3.63, 3.8) is 0 Å². The highest BCUT2D eigenvalue weighted by molar-refractivity contribution is 5.75.